The topological polar surface area (TPSA) is 58.5 Å². The number of methoxy groups -OCH3 is 1. The molecule has 2 N–H and O–H groups in total. The van der Waals surface area contributed by atoms with E-state index in [0.717, 1.165) is 36.7 Å². The predicted octanol–water partition coefficient (Wildman–Crippen LogP) is 3.84. The molecule has 26 heavy (non-hydrogen) atoms. The standard InChI is InChI=1S/C19H25ClN4O.HI/c1-3-21-19(23-12-10-17-9-4-5-11-22-17)24-14-18(25-2)15-7-6-8-16(20)13-15;/h4-9,11,13,18H,3,10,12,14H2,1-2H3,(H2,21,23,24);1H. The highest BCUT2D eigenvalue weighted by molar-refractivity contribution is 14.0. The number of hydrogen-bond donors (Lipinski definition) is 2. The number of hydrogen-bond acceptors (Lipinski definition) is 3. The first-order valence-corrected chi connectivity index (χ1v) is 8.81. The average molecular weight is 489 g/mol. The third kappa shape index (κ3) is 7.88. The van der Waals surface area contributed by atoms with Crippen LogP contribution >= 0.6 is 35.6 Å². The Morgan fingerprint density at radius 2 is 2.08 bits per heavy atom. The zero-order valence-corrected chi connectivity index (χ0v) is 18.2. The van der Waals surface area contributed by atoms with E-state index in [0.29, 0.717) is 11.6 Å². The van der Waals surface area contributed by atoms with Crippen LogP contribution in [0.3, 0.4) is 0 Å². The van der Waals surface area contributed by atoms with Gasteiger partial charge in [0.1, 0.15) is 6.10 Å². The van der Waals surface area contributed by atoms with E-state index >= 15 is 0 Å². The molecule has 2 aromatic rings. The normalized spacial score (nSPS) is 12.2. The van der Waals surface area contributed by atoms with Crippen molar-refractivity contribution in [1.82, 2.24) is 15.6 Å². The number of aliphatic imine (C=N–C) groups is 1. The van der Waals surface area contributed by atoms with Crippen LogP contribution in [0, 0.1) is 0 Å². The molecule has 1 heterocycles. The second-order valence-corrected chi connectivity index (χ2v) is 5.93. The van der Waals surface area contributed by atoms with Crippen molar-refractivity contribution in [3.8, 4) is 0 Å². The summed E-state index contributed by atoms with van der Waals surface area (Å²) in [5.74, 6) is 0.766. The van der Waals surface area contributed by atoms with E-state index in [1.165, 1.54) is 0 Å². The summed E-state index contributed by atoms with van der Waals surface area (Å²) in [7, 11) is 1.68. The van der Waals surface area contributed by atoms with E-state index in [-0.39, 0.29) is 30.1 Å². The fourth-order valence-corrected chi connectivity index (χ4v) is 2.59. The van der Waals surface area contributed by atoms with Crippen molar-refractivity contribution in [1.29, 1.82) is 0 Å². The lowest BCUT2D eigenvalue weighted by molar-refractivity contribution is 0.111. The minimum atomic E-state index is -0.134. The minimum Gasteiger partial charge on any atom is -0.375 e. The molecule has 7 heteroatoms. The highest BCUT2D eigenvalue weighted by Crippen LogP contribution is 2.20. The Morgan fingerprint density at radius 1 is 1.23 bits per heavy atom. The molecule has 0 fully saturated rings. The molecule has 142 valence electrons. The number of halogens is 2. The number of pyridine rings is 1. The number of ether oxygens (including phenoxy) is 1. The Balaban J connectivity index is 0.00000338. The second kappa shape index (κ2) is 12.9. The Morgan fingerprint density at radius 3 is 2.73 bits per heavy atom. The van der Waals surface area contributed by atoms with Crippen LogP contribution in [0.5, 0.6) is 0 Å². The summed E-state index contributed by atoms with van der Waals surface area (Å²) >= 11 is 6.06. The quantitative estimate of drug-likeness (QED) is 0.337. The van der Waals surface area contributed by atoms with E-state index in [9.17, 15) is 0 Å². The van der Waals surface area contributed by atoms with Gasteiger partial charge in [-0.2, -0.15) is 0 Å². The molecule has 0 aliphatic rings. The van der Waals surface area contributed by atoms with Crippen LogP contribution in [0.1, 0.15) is 24.3 Å². The summed E-state index contributed by atoms with van der Waals surface area (Å²) in [6.45, 7) is 4.11. The maximum atomic E-state index is 6.06. The number of nitrogens with one attached hydrogen (secondary N) is 2. The van der Waals surface area contributed by atoms with E-state index in [1.54, 1.807) is 7.11 Å². The molecule has 0 aliphatic heterocycles. The molecule has 2 rings (SSSR count). The van der Waals surface area contributed by atoms with Crippen molar-refractivity contribution in [2.75, 3.05) is 26.7 Å². The monoisotopic (exact) mass is 488 g/mol. The van der Waals surface area contributed by atoms with Gasteiger partial charge in [-0.1, -0.05) is 29.8 Å². The SMILES string of the molecule is CCNC(=NCC(OC)c1cccc(Cl)c1)NCCc1ccccn1.I. The molecule has 0 radical (unpaired) electrons. The molecule has 0 spiro atoms. The summed E-state index contributed by atoms with van der Waals surface area (Å²) in [6, 6.07) is 13.6. The van der Waals surface area contributed by atoms with Gasteiger partial charge in [-0.15, -0.1) is 24.0 Å². The van der Waals surface area contributed by atoms with Crippen LogP contribution in [0.2, 0.25) is 5.02 Å². The number of aromatic nitrogens is 1. The summed E-state index contributed by atoms with van der Waals surface area (Å²) < 4.78 is 5.56. The van der Waals surface area contributed by atoms with Crippen molar-refractivity contribution in [2.24, 2.45) is 4.99 Å². The lowest BCUT2D eigenvalue weighted by Gasteiger charge is -2.16. The first-order valence-electron chi connectivity index (χ1n) is 8.43. The van der Waals surface area contributed by atoms with E-state index in [4.69, 9.17) is 16.3 Å². The maximum Gasteiger partial charge on any atom is 0.191 e. The fourth-order valence-electron chi connectivity index (χ4n) is 2.39. The van der Waals surface area contributed by atoms with Gasteiger partial charge in [0.05, 0.1) is 6.54 Å². The first-order chi connectivity index (χ1) is 12.2. The number of nitrogens with zero attached hydrogens (tertiary/aromatic N) is 2. The maximum absolute atomic E-state index is 6.06. The third-order valence-electron chi connectivity index (χ3n) is 3.66. The average Bonchev–Trinajstić information content (AvgIpc) is 2.63. The molecule has 0 saturated carbocycles. The molecule has 0 aliphatic carbocycles. The van der Waals surface area contributed by atoms with Crippen LogP contribution in [0.25, 0.3) is 0 Å². The van der Waals surface area contributed by atoms with Gasteiger partial charge in [-0.25, -0.2) is 0 Å². The van der Waals surface area contributed by atoms with Crippen LogP contribution in [0.15, 0.2) is 53.7 Å². The minimum absolute atomic E-state index is 0. The van der Waals surface area contributed by atoms with Crippen molar-refractivity contribution in [3.05, 3.63) is 64.9 Å². The van der Waals surface area contributed by atoms with Gasteiger partial charge in [-0.3, -0.25) is 9.98 Å². The number of benzene rings is 1. The van der Waals surface area contributed by atoms with Gasteiger partial charge in [0.15, 0.2) is 5.96 Å². The molecule has 5 nitrogen and oxygen atoms in total. The molecule has 0 bridgehead atoms. The predicted molar refractivity (Wildman–Crippen MR) is 119 cm³/mol. The van der Waals surface area contributed by atoms with Gasteiger partial charge in [-0.05, 0) is 36.8 Å². The van der Waals surface area contributed by atoms with Crippen molar-refractivity contribution >= 4 is 41.5 Å². The summed E-state index contributed by atoms with van der Waals surface area (Å²) in [6.07, 6.45) is 2.51. The molecule has 0 amide bonds. The number of guanidine groups is 1. The highest BCUT2D eigenvalue weighted by Gasteiger charge is 2.11. The molecule has 1 atom stereocenters. The summed E-state index contributed by atoms with van der Waals surface area (Å²) in [5, 5.41) is 7.27. The molecular weight excluding hydrogens is 463 g/mol. The Hall–Kier alpha value is -1.38. The lowest BCUT2D eigenvalue weighted by atomic mass is 10.1. The Bertz CT molecular complexity index is 670. The summed E-state index contributed by atoms with van der Waals surface area (Å²) in [5.41, 5.74) is 2.07. The van der Waals surface area contributed by atoms with Gasteiger partial charge in [0.2, 0.25) is 0 Å². The number of rotatable bonds is 8. The Kier molecular flexibility index (Phi) is 11.2. The van der Waals surface area contributed by atoms with Gasteiger partial charge >= 0.3 is 0 Å². The zero-order chi connectivity index (χ0) is 17.9. The summed E-state index contributed by atoms with van der Waals surface area (Å²) in [4.78, 5) is 8.95. The van der Waals surface area contributed by atoms with Crippen LogP contribution in [-0.4, -0.2) is 37.7 Å². The van der Waals surface area contributed by atoms with Gasteiger partial charge in [0.25, 0.3) is 0 Å². The lowest BCUT2D eigenvalue weighted by Crippen LogP contribution is -2.38. The van der Waals surface area contributed by atoms with Crippen LogP contribution < -0.4 is 10.6 Å². The van der Waals surface area contributed by atoms with Crippen LogP contribution in [-0.2, 0) is 11.2 Å². The Labute approximate surface area is 177 Å². The van der Waals surface area contributed by atoms with Crippen LogP contribution in [0.4, 0.5) is 0 Å². The molecule has 1 aromatic carbocycles. The second-order valence-electron chi connectivity index (χ2n) is 5.50. The largest absolute Gasteiger partial charge is 0.375 e. The first kappa shape index (κ1) is 22.7. The van der Waals surface area contributed by atoms with E-state index in [1.807, 2.05) is 55.6 Å². The highest BCUT2D eigenvalue weighted by atomic mass is 127. The molecule has 1 unspecified atom stereocenters. The third-order valence-corrected chi connectivity index (χ3v) is 3.90. The molecule has 0 saturated heterocycles. The van der Waals surface area contributed by atoms with Gasteiger partial charge < -0.3 is 15.4 Å². The smallest absolute Gasteiger partial charge is 0.191 e. The van der Waals surface area contributed by atoms with E-state index < -0.39 is 0 Å². The van der Waals surface area contributed by atoms with Crippen molar-refractivity contribution in [3.63, 3.8) is 0 Å². The molecule has 1 aromatic heterocycles. The molecular formula is C19H26ClIN4O. The van der Waals surface area contributed by atoms with Crippen molar-refractivity contribution < 1.29 is 4.74 Å². The fraction of sp³-hybridized carbons (Fsp3) is 0.368. The van der Waals surface area contributed by atoms with Gasteiger partial charge in [0, 0.05) is 43.5 Å². The zero-order valence-electron chi connectivity index (χ0n) is 15.1. The van der Waals surface area contributed by atoms with Crippen molar-refractivity contribution in [2.45, 2.75) is 19.4 Å². The van der Waals surface area contributed by atoms with E-state index in [2.05, 4.69) is 20.6 Å².